The summed E-state index contributed by atoms with van der Waals surface area (Å²) >= 11 is 0. The average Bonchev–Trinajstić information content (AvgIpc) is 3.10. The van der Waals surface area contributed by atoms with Crippen LogP contribution in [0.2, 0.25) is 0 Å². The zero-order valence-corrected chi connectivity index (χ0v) is 14.9. The molecule has 2 N–H and O–H groups in total. The summed E-state index contributed by atoms with van der Waals surface area (Å²) in [6, 6.07) is 13.1. The van der Waals surface area contributed by atoms with Crippen molar-refractivity contribution in [3.63, 3.8) is 0 Å². The third kappa shape index (κ3) is 3.08. The van der Waals surface area contributed by atoms with Crippen LogP contribution in [0.15, 0.2) is 66.1 Å². The van der Waals surface area contributed by atoms with E-state index in [1.807, 2.05) is 31.2 Å². The number of amides is 1. The van der Waals surface area contributed by atoms with Crippen LogP contribution >= 0.6 is 0 Å². The molecule has 1 atom stereocenters. The Kier molecular flexibility index (Phi) is 4.19. The van der Waals surface area contributed by atoms with Gasteiger partial charge in [-0.15, -0.1) is 0 Å². The number of para-hydroxylation sites is 1. The van der Waals surface area contributed by atoms with Crippen LogP contribution in [0.5, 0.6) is 0 Å². The van der Waals surface area contributed by atoms with Crippen molar-refractivity contribution >= 4 is 17.5 Å². The van der Waals surface area contributed by atoms with Crippen molar-refractivity contribution < 1.29 is 9.18 Å². The Morgan fingerprint density at radius 3 is 2.78 bits per heavy atom. The Labute approximate surface area is 155 Å². The van der Waals surface area contributed by atoms with Crippen LogP contribution in [0, 0.1) is 12.7 Å². The fraction of sp³-hybridized carbons (Fsp3) is 0.150. The molecule has 136 valence electrons. The molecular weight excluding hydrogens is 345 g/mol. The predicted molar refractivity (Wildman–Crippen MR) is 101 cm³/mol. The molecule has 0 spiro atoms. The van der Waals surface area contributed by atoms with E-state index in [-0.39, 0.29) is 11.7 Å². The molecule has 0 aliphatic carbocycles. The van der Waals surface area contributed by atoms with Crippen molar-refractivity contribution in [2.45, 2.75) is 19.9 Å². The van der Waals surface area contributed by atoms with Crippen LogP contribution in [0.4, 0.5) is 16.0 Å². The van der Waals surface area contributed by atoms with Crippen LogP contribution in [-0.4, -0.2) is 20.7 Å². The molecule has 0 unspecified atom stereocenters. The summed E-state index contributed by atoms with van der Waals surface area (Å²) in [6.07, 6.45) is 1.41. The Hall–Kier alpha value is -3.48. The van der Waals surface area contributed by atoms with Gasteiger partial charge in [-0.05, 0) is 43.2 Å². The lowest BCUT2D eigenvalue weighted by molar-refractivity contribution is -0.113. The third-order valence-corrected chi connectivity index (χ3v) is 4.60. The number of aryl methyl sites for hydroxylation is 1. The summed E-state index contributed by atoms with van der Waals surface area (Å²) in [6.45, 7) is 3.73. The number of aromatic nitrogens is 3. The van der Waals surface area contributed by atoms with Crippen molar-refractivity contribution in [2.24, 2.45) is 0 Å². The highest BCUT2D eigenvalue weighted by Crippen LogP contribution is 2.35. The largest absolute Gasteiger partial charge is 0.328 e. The molecule has 0 radical (unpaired) electrons. The van der Waals surface area contributed by atoms with E-state index < -0.39 is 6.04 Å². The van der Waals surface area contributed by atoms with Crippen LogP contribution < -0.4 is 10.6 Å². The van der Waals surface area contributed by atoms with Gasteiger partial charge in [-0.25, -0.2) is 9.07 Å². The SMILES string of the molecule is CC1=C(C(=O)Nc2ccccc2C)[C@H](c2cccc(F)c2)n2ncnc2N1. The number of hydrogen-bond donors (Lipinski definition) is 2. The summed E-state index contributed by atoms with van der Waals surface area (Å²) in [5, 5.41) is 10.3. The van der Waals surface area contributed by atoms with E-state index in [1.54, 1.807) is 23.7 Å². The lowest BCUT2D eigenvalue weighted by atomic mass is 9.95. The smallest absolute Gasteiger partial charge is 0.255 e. The molecule has 4 rings (SSSR count). The van der Waals surface area contributed by atoms with Gasteiger partial charge in [0.15, 0.2) is 0 Å². The first-order valence-corrected chi connectivity index (χ1v) is 8.54. The van der Waals surface area contributed by atoms with E-state index in [2.05, 4.69) is 20.7 Å². The van der Waals surface area contributed by atoms with E-state index >= 15 is 0 Å². The number of hydrogen-bond acceptors (Lipinski definition) is 4. The first-order valence-electron chi connectivity index (χ1n) is 8.54. The molecule has 3 aromatic rings. The molecule has 7 heteroatoms. The molecule has 0 saturated heterocycles. The maximum Gasteiger partial charge on any atom is 0.255 e. The molecule has 0 saturated carbocycles. The molecule has 0 bridgehead atoms. The number of nitrogens with one attached hydrogen (secondary N) is 2. The lowest BCUT2D eigenvalue weighted by Crippen LogP contribution is -2.31. The first kappa shape index (κ1) is 17.0. The minimum atomic E-state index is -0.580. The number of nitrogens with zero attached hydrogens (tertiary/aromatic N) is 3. The monoisotopic (exact) mass is 363 g/mol. The molecule has 1 aliphatic rings. The van der Waals surface area contributed by atoms with Crippen molar-refractivity contribution in [3.8, 4) is 0 Å². The standard InChI is InChI=1S/C20H18FN5O/c1-12-6-3-4-9-16(12)25-19(27)17-13(2)24-20-22-11-23-26(20)18(17)14-7-5-8-15(21)10-14/h3-11,18H,1-2H3,(H,25,27)(H,22,23,24)/t18-/m0/s1. The van der Waals surface area contributed by atoms with E-state index in [9.17, 15) is 9.18 Å². The van der Waals surface area contributed by atoms with E-state index in [0.29, 0.717) is 22.8 Å². The first-order chi connectivity index (χ1) is 13.0. The van der Waals surface area contributed by atoms with Crippen molar-refractivity contribution in [3.05, 3.63) is 83.1 Å². The second-order valence-corrected chi connectivity index (χ2v) is 6.42. The van der Waals surface area contributed by atoms with Gasteiger partial charge in [0, 0.05) is 11.4 Å². The van der Waals surface area contributed by atoms with Gasteiger partial charge >= 0.3 is 0 Å². The van der Waals surface area contributed by atoms with E-state index in [4.69, 9.17) is 0 Å². The number of allylic oxidation sites excluding steroid dienone is 1. The molecule has 1 aromatic heterocycles. The summed E-state index contributed by atoms with van der Waals surface area (Å²) in [7, 11) is 0. The highest BCUT2D eigenvalue weighted by Gasteiger charge is 2.33. The van der Waals surface area contributed by atoms with Gasteiger partial charge in [-0.2, -0.15) is 10.1 Å². The van der Waals surface area contributed by atoms with Crippen LogP contribution in [0.3, 0.4) is 0 Å². The lowest BCUT2D eigenvalue weighted by Gasteiger charge is -2.28. The van der Waals surface area contributed by atoms with Gasteiger partial charge in [0.05, 0.1) is 5.57 Å². The number of benzene rings is 2. The molecule has 1 aliphatic heterocycles. The highest BCUT2D eigenvalue weighted by molar-refractivity contribution is 6.06. The zero-order valence-electron chi connectivity index (χ0n) is 14.9. The van der Waals surface area contributed by atoms with Gasteiger partial charge in [0.1, 0.15) is 18.2 Å². The molecule has 0 fully saturated rings. The molecular formula is C20H18FN5O. The van der Waals surface area contributed by atoms with Gasteiger partial charge in [0.2, 0.25) is 5.95 Å². The van der Waals surface area contributed by atoms with E-state index in [0.717, 1.165) is 11.3 Å². The normalized spacial score (nSPS) is 15.9. The molecule has 27 heavy (non-hydrogen) atoms. The van der Waals surface area contributed by atoms with Crippen LogP contribution in [0.1, 0.15) is 24.1 Å². The van der Waals surface area contributed by atoms with Gasteiger partial charge < -0.3 is 10.6 Å². The maximum atomic E-state index is 13.9. The predicted octanol–water partition coefficient (Wildman–Crippen LogP) is 3.65. The third-order valence-electron chi connectivity index (χ3n) is 4.60. The van der Waals surface area contributed by atoms with Crippen molar-refractivity contribution in [2.75, 3.05) is 10.6 Å². The van der Waals surface area contributed by atoms with Crippen LogP contribution in [0.25, 0.3) is 0 Å². The van der Waals surface area contributed by atoms with Gasteiger partial charge in [-0.3, -0.25) is 4.79 Å². The van der Waals surface area contributed by atoms with Gasteiger partial charge in [0.25, 0.3) is 5.91 Å². The van der Waals surface area contributed by atoms with Crippen molar-refractivity contribution in [1.29, 1.82) is 0 Å². The Morgan fingerprint density at radius 2 is 2.00 bits per heavy atom. The molecule has 6 nitrogen and oxygen atoms in total. The quantitative estimate of drug-likeness (QED) is 0.745. The fourth-order valence-electron chi connectivity index (χ4n) is 3.27. The summed E-state index contributed by atoms with van der Waals surface area (Å²) in [5.41, 5.74) is 3.41. The number of fused-ring (bicyclic) bond motifs is 1. The van der Waals surface area contributed by atoms with Crippen LogP contribution in [-0.2, 0) is 4.79 Å². The molecule has 1 amide bonds. The Balaban J connectivity index is 1.79. The Bertz CT molecular complexity index is 1060. The number of rotatable bonds is 3. The summed E-state index contributed by atoms with van der Waals surface area (Å²) in [5.74, 6) is -0.136. The van der Waals surface area contributed by atoms with E-state index in [1.165, 1.54) is 18.5 Å². The average molecular weight is 363 g/mol. The van der Waals surface area contributed by atoms with Gasteiger partial charge in [-0.1, -0.05) is 30.3 Å². The molecule has 2 aromatic carbocycles. The number of anilines is 2. The highest BCUT2D eigenvalue weighted by atomic mass is 19.1. The second kappa shape index (κ2) is 6.68. The minimum absolute atomic E-state index is 0.273. The maximum absolute atomic E-state index is 13.9. The second-order valence-electron chi connectivity index (χ2n) is 6.42. The fourth-order valence-corrected chi connectivity index (χ4v) is 3.27. The Morgan fingerprint density at radius 1 is 1.19 bits per heavy atom. The summed E-state index contributed by atoms with van der Waals surface area (Å²) in [4.78, 5) is 17.3. The van der Waals surface area contributed by atoms with Crippen molar-refractivity contribution in [1.82, 2.24) is 14.8 Å². The number of carbonyl (C=O) groups excluding carboxylic acids is 1. The molecule has 2 heterocycles. The minimum Gasteiger partial charge on any atom is -0.328 e. The summed E-state index contributed by atoms with van der Waals surface area (Å²) < 4.78 is 15.5. The number of halogens is 1. The zero-order chi connectivity index (χ0) is 19.0. The number of carbonyl (C=O) groups is 1. The topological polar surface area (TPSA) is 71.8 Å².